The van der Waals surface area contributed by atoms with Crippen molar-refractivity contribution in [3.8, 4) is 0 Å². The molecular formula is C9H10N2O4. The first-order valence-electron chi connectivity index (χ1n) is 4.30. The molecule has 0 bridgehead atoms. The monoisotopic (exact) mass is 210 g/mol. The molecule has 0 saturated carbocycles. The maximum Gasteiger partial charge on any atom is 0.254 e. The van der Waals surface area contributed by atoms with Crippen LogP contribution in [0.2, 0.25) is 0 Å². The summed E-state index contributed by atoms with van der Waals surface area (Å²) < 4.78 is 0. The van der Waals surface area contributed by atoms with E-state index in [9.17, 15) is 19.2 Å². The van der Waals surface area contributed by atoms with Crippen LogP contribution in [-0.4, -0.2) is 41.5 Å². The van der Waals surface area contributed by atoms with Crippen LogP contribution in [0.15, 0.2) is 12.2 Å². The number of hydrogen-bond donors (Lipinski definition) is 1. The molecule has 0 aromatic rings. The van der Waals surface area contributed by atoms with Crippen LogP contribution in [0.25, 0.3) is 0 Å². The predicted octanol–water partition coefficient (Wildman–Crippen LogP) is -1.38. The fraction of sp³-hybridized carbons (Fsp3) is 0.333. The minimum Gasteiger partial charge on any atom is -0.347 e. The van der Waals surface area contributed by atoms with Crippen LogP contribution in [0, 0.1) is 0 Å². The van der Waals surface area contributed by atoms with Gasteiger partial charge in [0.1, 0.15) is 12.3 Å². The highest BCUT2D eigenvalue weighted by Gasteiger charge is 2.25. The number of rotatable bonds is 4. The Hall–Kier alpha value is -1.98. The lowest BCUT2D eigenvalue weighted by atomic mass is 10.4. The molecule has 15 heavy (non-hydrogen) atoms. The van der Waals surface area contributed by atoms with Crippen molar-refractivity contribution in [2.45, 2.75) is 6.92 Å². The van der Waals surface area contributed by atoms with E-state index in [0.29, 0.717) is 0 Å². The van der Waals surface area contributed by atoms with Gasteiger partial charge in [-0.15, -0.1) is 0 Å². The normalized spacial score (nSPS) is 14.6. The van der Waals surface area contributed by atoms with Gasteiger partial charge in [0.15, 0.2) is 0 Å². The molecule has 0 atom stereocenters. The minimum absolute atomic E-state index is 0.0948. The number of carbonyl (C=O) groups excluding carboxylic acids is 4. The molecule has 80 valence electrons. The summed E-state index contributed by atoms with van der Waals surface area (Å²) in [6.45, 7) is 0.883. The molecule has 1 rings (SSSR count). The van der Waals surface area contributed by atoms with E-state index in [-0.39, 0.29) is 18.9 Å². The van der Waals surface area contributed by atoms with Gasteiger partial charge in [0.05, 0.1) is 6.54 Å². The molecule has 0 radical (unpaired) electrons. The van der Waals surface area contributed by atoms with Crippen LogP contribution >= 0.6 is 0 Å². The second-order valence-electron chi connectivity index (χ2n) is 3.07. The molecule has 1 heterocycles. The van der Waals surface area contributed by atoms with Gasteiger partial charge < -0.3 is 5.32 Å². The summed E-state index contributed by atoms with van der Waals surface area (Å²) in [6.07, 6.45) is 2.20. The maximum atomic E-state index is 11.2. The van der Waals surface area contributed by atoms with E-state index in [1.807, 2.05) is 0 Å². The van der Waals surface area contributed by atoms with Crippen LogP contribution in [-0.2, 0) is 19.2 Å². The number of imide groups is 1. The Balaban J connectivity index is 2.42. The van der Waals surface area contributed by atoms with E-state index in [0.717, 1.165) is 17.1 Å². The molecule has 0 unspecified atom stereocenters. The van der Waals surface area contributed by atoms with E-state index in [4.69, 9.17) is 0 Å². The number of Topliss-reactive ketones (excluding diaryl/α,β-unsaturated/α-hetero) is 1. The Morgan fingerprint density at radius 1 is 1.27 bits per heavy atom. The van der Waals surface area contributed by atoms with Crippen LogP contribution in [0.5, 0.6) is 0 Å². The third kappa shape index (κ3) is 3.01. The highest BCUT2D eigenvalue weighted by Crippen LogP contribution is 2.01. The number of amides is 3. The number of ketones is 1. The van der Waals surface area contributed by atoms with E-state index in [1.165, 1.54) is 6.92 Å². The van der Waals surface area contributed by atoms with Crippen molar-refractivity contribution in [2.75, 3.05) is 13.1 Å². The highest BCUT2D eigenvalue weighted by molar-refractivity contribution is 6.14. The Morgan fingerprint density at radius 3 is 2.27 bits per heavy atom. The van der Waals surface area contributed by atoms with Crippen molar-refractivity contribution in [2.24, 2.45) is 0 Å². The summed E-state index contributed by atoms with van der Waals surface area (Å²) >= 11 is 0. The van der Waals surface area contributed by atoms with Crippen molar-refractivity contribution < 1.29 is 19.2 Å². The standard InChI is InChI=1S/C9H10N2O4/c1-6(12)4-10-7(13)5-11-8(14)2-3-9(11)15/h2-3H,4-5H2,1H3,(H,10,13). The number of nitrogens with one attached hydrogen (secondary N) is 1. The maximum absolute atomic E-state index is 11.2. The van der Waals surface area contributed by atoms with Gasteiger partial charge in [-0.3, -0.25) is 24.1 Å². The highest BCUT2D eigenvalue weighted by atomic mass is 16.2. The van der Waals surface area contributed by atoms with Gasteiger partial charge in [0.25, 0.3) is 11.8 Å². The Morgan fingerprint density at radius 2 is 1.80 bits per heavy atom. The van der Waals surface area contributed by atoms with Gasteiger partial charge in [0.2, 0.25) is 5.91 Å². The average molecular weight is 210 g/mol. The van der Waals surface area contributed by atoms with Crippen molar-refractivity contribution in [3.05, 3.63) is 12.2 Å². The zero-order valence-electron chi connectivity index (χ0n) is 8.15. The van der Waals surface area contributed by atoms with Crippen molar-refractivity contribution in [3.63, 3.8) is 0 Å². The minimum atomic E-state index is -0.532. The summed E-state index contributed by atoms with van der Waals surface area (Å²) in [5.41, 5.74) is 0. The molecule has 6 nitrogen and oxygen atoms in total. The number of carbonyl (C=O) groups is 4. The first kappa shape index (κ1) is 11.1. The molecule has 1 N–H and O–H groups in total. The Kier molecular flexibility index (Phi) is 3.33. The van der Waals surface area contributed by atoms with E-state index < -0.39 is 17.7 Å². The average Bonchev–Trinajstić information content (AvgIpc) is 2.46. The SMILES string of the molecule is CC(=O)CNC(=O)CN1C(=O)C=CC1=O. The Labute approximate surface area is 85.9 Å². The zero-order chi connectivity index (χ0) is 11.4. The molecule has 6 heteroatoms. The molecule has 0 spiro atoms. The van der Waals surface area contributed by atoms with Gasteiger partial charge >= 0.3 is 0 Å². The first-order chi connectivity index (χ1) is 7.00. The lowest BCUT2D eigenvalue weighted by Gasteiger charge is -2.12. The van der Waals surface area contributed by atoms with Gasteiger partial charge in [-0.2, -0.15) is 0 Å². The second kappa shape index (κ2) is 4.50. The number of nitrogens with zero attached hydrogens (tertiary/aromatic N) is 1. The topological polar surface area (TPSA) is 83.6 Å². The number of hydrogen-bond acceptors (Lipinski definition) is 4. The third-order valence-corrected chi connectivity index (χ3v) is 1.74. The van der Waals surface area contributed by atoms with Gasteiger partial charge in [-0.25, -0.2) is 0 Å². The second-order valence-corrected chi connectivity index (χ2v) is 3.07. The summed E-state index contributed by atoms with van der Waals surface area (Å²) in [4.78, 5) is 44.6. The first-order valence-corrected chi connectivity index (χ1v) is 4.30. The fourth-order valence-electron chi connectivity index (χ4n) is 1.01. The lowest BCUT2D eigenvalue weighted by Crippen LogP contribution is -2.41. The zero-order valence-corrected chi connectivity index (χ0v) is 8.15. The summed E-state index contributed by atoms with van der Waals surface area (Å²) in [5, 5.41) is 2.29. The van der Waals surface area contributed by atoms with Crippen LogP contribution in [0.1, 0.15) is 6.92 Å². The lowest BCUT2D eigenvalue weighted by molar-refractivity contribution is -0.141. The smallest absolute Gasteiger partial charge is 0.254 e. The summed E-state index contributed by atoms with van der Waals surface area (Å²) in [6, 6.07) is 0. The van der Waals surface area contributed by atoms with Gasteiger partial charge in [-0.1, -0.05) is 0 Å². The van der Waals surface area contributed by atoms with Crippen molar-refractivity contribution in [1.82, 2.24) is 10.2 Å². The molecule has 0 aliphatic carbocycles. The fourth-order valence-corrected chi connectivity index (χ4v) is 1.01. The predicted molar refractivity (Wildman–Crippen MR) is 49.6 cm³/mol. The third-order valence-electron chi connectivity index (χ3n) is 1.74. The molecule has 1 aliphatic rings. The quantitative estimate of drug-likeness (QED) is 0.579. The molecule has 0 fully saturated rings. The summed E-state index contributed by atoms with van der Waals surface area (Å²) in [5.74, 6) is -1.76. The van der Waals surface area contributed by atoms with Gasteiger partial charge in [0, 0.05) is 12.2 Å². The molecule has 0 saturated heterocycles. The van der Waals surface area contributed by atoms with Crippen LogP contribution in [0.4, 0.5) is 0 Å². The molecule has 3 amide bonds. The van der Waals surface area contributed by atoms with E-state index >= 15 is 0 Å². The Bertz CT molecular complexity index is 341. The summed E-state index contributed by atoms with van der Waals surface area (Å²) in [7, 11) is 0. The largest absolute Gasteiger partial charge is 0.347 e. The van der Waals surface area contributed by atoms with Crippen LogP contribution in [0.3, 0.4) is 0 Å². The molecular weight excluding hydrogens is 200 g/mol. The molecule has 0 aromatic heterocycles. The van der Waals surface area contributed by atoms with Crippen molar-refractivity contribution >= 4 is 23.5 Å². The molecule has 0 aromatic carbocycles. The van der Waals surface area contributed by atoms with E-state index in [2.05, 4.69) is 5.32 Å². The van der Waals surface area contributed by atoms with Gasteiger partial charge in [-0.05, 0) is 6.92 Å². The molecule has 1 aliphatic heterocycles. The van der Waals surface area contributed by atoms with E-state index in [1.54, 1.807) is 0 Å². The van der Waals surface area contributed by atoms with Crippen molar-refractivity contribution in [1.29, 1.82) is 0 Å². The van der Waals surface area contributed by atoms with Crippen LogP contribution < -0.4 is 5.32 Å².